The molecular weight excluding hydrogens is 272 g/mol. The van der Waals surface area contributed by atoms with Crippen LogP contribution in [0.4, 0.5) is 5.69 Å². The number of likely N-dealkylation sites (tertiary alicyclic amines) is 1. The lowest BCUT2D eigenvalue weighted by Crippen LogP contribution is -2.28. The van der Waals surface area contributed by atoms with E-state index in [4.69, 9.17) is 5.73 Å². The van der Waals surface area contributed by atoms with Gasteiger partial charge in [0.1, 0.15) is 0 Å². The Hall–Kier alpha value is -1.55. The van der Waals surface area contributed by atoms with Gasteiger partial charge in [0.25, 0.3) is 0 Å². The maximum Gasteiger partial charge on any atom is 0.193 e. The average Bonchev–Trinajstić information content (AvgIpc) is 2.98. The van der Waals surface area contributed by atoms with E-state index in [9.17, 15) is 0 Å². The molecule has 0 amide bonds. The number of nitrogens with one attached hydrogen (secondary N) is 1. The second kappa shape index (κ2) is 8.18. The highest BCUT2D eigenvalue weighted by atomic mass is 15.1. The molecule has 3 N–H and O–H groups in total. The summed E-state index contributed by atoms with van der Waals surface area (Å²) in [5, 5.41) is 3.20. The van der Waals surface area contributed by atoms with E-state index < -0.39 is 0 Å². The molecular formula is C18H30N4. The van der Waals surface area contributed by atoms with Crippen LogP contribution in [0, 0.1) is 5.92 Å². The van der Waals surface area contributed by atoms with Crippen molar-refractivity contribution in [2.45, 2.75) is 39.5 Å². The minimum atomic E-state index is 0.508. The molecule has 0 bridgehead atoms. The molecule has 4 nitrogen and oxygen atoms in total. The first-order valence-corrected chi connectivity index (χ1v) is 8.44. The molecule has 1 unspecified atom stereocenters. The Bertz CT molecular complexity index is 490. The van der Waals surface area contributed by atoms with E-state index in [-0.39, 0.29) is 0 Å². The molecule has 1 saturated heterocycles. The van der Waals surface area contributed by atoms with Crippen molar-refractivity contribution in [2.75, 3.05) is 31.5 Å². The van der Waals surface area contributed by atoms with Gasteiger partial charge in [-0.15, -0.1) is 0 Å². The number of nitrogens with two attached hydrogens (primary N) is 1. The first-order chi connectivity index (χ1) is 10.5. The predicted octanol–water partition coefficient (Wildman–Crippen LogP) is 3.27. The summed E-state index contributed by atoms with van der Waals surface area (Å²) in [5.74, 6) is 1.56. The van der Waals surface area contributed by atoms with Crippen LogP contribution in [0.3, 0.4) is 0 Å². The van der Waals surface area contributed by atoms with Crippen molar-refractivity contribution in [1.29, 1.82) is 0 Å². The van der Waals surface area contributed by atoms with Crippen molar-refractivity contribution < 1.29 is 0 Å². The van der Waals surface area contributed by atoms with E-state index in [1.54, 1.807) is 0 Å². The number of anilines is 1. The molecule has 22 heavy (non-hydrogen) atoms. The Morgan fingerprint density at radius 2 is 2.00 bits per heavy atom. The van der Waals surface area contributed by atoms with Crippen molar-refractivity contribution in [3.63, 3.8) is 0 Å². The SMILES string of the molecule is CC(CN=C(N)Nc1cccc(C(C)C)c1)CN1CCCC1. The molecule has 1 atom stereocenters. The molecule has 0 aliphatic carbocycles. The molecule has 0 radical (unpaired) electrons. The lowest BCUT2D eigenvalue weighted by molar-refractivity contribution is 0.292. The van der Waals surface area contributed by atoms with Gasteiger partial charge in [0.2, 0.25) is 0 Å². The van der Waals surface area contributed by atoms with E-state index in [0.29, 0.717) is 17.8 Å². The number of aliphatic imine (C=N–C) groups is 1. The largest absolute Gasteiger partial charge is 0.370 e. The minimum Gasteiger partial charge on any atom is -0.370 e. The third kappa shape index (κ3) is 5.34. The molecule has 1 aliphatic heterocycles. The normalized spacial score (nSPS) is 17.9. The van der Waals surface area contributed by atoms with Gasteiger partial charge in [-0.25, -0.2) is 0 Å². The van der Waals surface area contributed by atoms with Gasteiger partial charge in [-0.1, -0.05) is 32.9 Å². The first-order valence-electron chi connectivity index (χ1n) is 8.44. The van der Waals surface area contributed by atoms with Crippen LogP contribution in [0.25, 0.3) is 0 Å². The van der Waals surface area contributed by atoms with Gasteiger partial charge in [0.15, 0.2) is 5.96 Å². The molecule has 1 heterocycles. The highest BCUT2D eigenvalue weighted by Crippen LogP contribution is 2.18. The van der Waals surface area contributed by atoms with Gasteiger partial charge in [-0.3, -0.25) is 4.99 Å². The average molecular weight is 302 g/mol. The fourth-order valence-electron chi connectivity index (χ4n) is 2.88. The van der Waals surface area contributed by atoms with E-state index in [2.05, 4.69) is 54.2 Å². The van der Waals surface area contributed by atoms with Gasteiger partial charge in [0.05, 0.1) is 0 Å². The number of nitrogens with zero attached hydrogens (tertiary/aromatic N) is 2. The molecule has 1 aromatic rings. The number of hydrogen-bond donors (Lipinski definition) is 2. The third-order valence-electron chi connectivity index (χ3n) is 4.17. The number of guanidine groups is 1. The van der Waals surface area contributed by atoms with Crippen LogP contribution in [-0.4, -0.2) is 37.0 Å². The predicted molar refractivity (Wildman–Crippen MR) is 95.5 cm³/mol. The Morgan fingerprint density at radius 3 is 2.68 bits per heavy atom. The molecule has 122 valence electrons. The topological polar surface area (TPSA) is 53.6 Å². The zero-order valence-electron chi connectivity index (χ0n) is 14.2. The van der Waals surface area contributed by atoms with Crippen LogP contribution >= 0.6 is 0 Å². The number of rotatable bonds is 6. The van der Waals surface area contributed by atoms with E-state index in [1.807, 2.05) is 6.07 Å². The first kappa shape index (κ1) is 16.8. The lowest BCUT2D eigenvalue weighted by atomic mass is 10.0. The summed E-state index contributed by atoms with van der Waals surface area (Å²) in [6, 6.07) is 8.37. The second-order valence-electron chi connectivity index (χ2n) is 6.74. The third-order valence-corrected chi connectivity index (χ3v) is 4.17. The summed E-state index contributed by atoms with van der Waals surface area (Å²) < 4.78 is 0. The summed E-state index contributed by atoms with van der Waals surface area (Å²) >= 11 is 0. The highest BCUT2D eigenvalue weighted by Gasteiger charge is 2.14. The van der Waals surface area contributed by atoms with E-state index in [0.717, 1.165) is 18.8 Å². The quantitative estimate of drug-likeness (QED) is 0.626. The fourth-order valence-corrected chi connectivity index (χ4v) is 2.88. The van der Waals surface area contributed by atoms with Crippen molar-refractivity contribution in [3.8, 4) is 0 Å². The molecule has 1 aromatic carbocycles. The van der Waals surface area contributed by atoms with Crippen molar-refractivity contribution in [1.82, 2.24) is 4.90 Å². The molecule has 0 spiro atoms. The summed E-state index contributed by atoms with van der Waals surface area (Å²) in [6.45, 7) is 11.0. The van der Waals surface area contributed by atoms with Crippen molar-refractivity contribution >= 4 is 11.6 Å². The highest BCUT2D eigenvalue weighted by molar-refractivity contribution is 5.92. The fraction of sp³-hybridized carbons (Fsp3) is 0.611. The lowest BCUT2D eigenvalue weighted by Gasteiger charge is -2.19. The Labute approximate surface area is 134 Å². The standard InChI is InChI=1S/C18H30N4/c1-14(2)16-7-6-8-17(11-16)21-18(19)20-12-15(3)13-22-9-4-5-10-22/h6-8,11,14-15H,4-5,9-10,12-13H2,1-3H3,(H3,19,20,21). The van der Waals surface area contributed by atoms with Gasteiger partial charge in [-0.05, 0) is 55.5 Å². The summed E-state index contributed by atoms with van der Waals surface area (Å²) in [5.41, 5.74) is 8.33. The zero-order chi connectivity index (χ0) is 15.9. The van der Waals surface area contributed by atoms with E-state index in [1.165, 1.54) is 31.5 Å². The van der Waals surface area contributed by atoms with Crippen LogP contribution in [0.5, 0.6) is 0 Å². The Morgan fingerprint density at radius 1 is 1.27 bits per heavy atom. The van der Waals surface area contributed by atoms with E-state index >= 15 is 0 Å². The van der Waals surface area contributed by atoms with Gasteiger partial charge < -0.3 is 16.0 Å². The Kier molecular flexibility index (Phi) is 6.25. The maximum absolute atomic E-state index is 6.01. The number of benzene rings is 1. The summed E-state index contributed by atoms with van der Waals surface area (Å²) in [4.78, 5) is 7.02. The minimum absolute atomic E-state index is 0.508. The van der Waals surface area contributed by atoms with Crippen LogP contribution in [0.1, 0.15) is 45.1 Å². The summed E-state index contributed by atoms with van der Waals surface area (Å²) in [6.07, 6.45) is 2.68. The van der Waals surface area contributed by atoms with Crippen LogP contribution in [-0.2, 0) is 0 Å². The van der Waals surface area contributed by atoms with Gasteiger partial charge >= 0.3 is 0 Å². The molecule has 2 rings (SSSR count). The van der Waals surface area contributed by atoms with Crippen molar-refractivity contribution in [2.24, 2.45) is 16.6 Å². The molecule has 1 fully saturated rings. The molecule has 4 heteroatoms. The van der Waals surface area contributed by atoms with Crippen LogP contribution in [0.15, 0.2) is 29.3 Å². The van der Waals surface area contributed by atoms with Gasteiger partial charge in [0, 0.05) is 18.8 Å². The van der Waals surface area contributed by atoms with Crippen LogP contribution in [0.2, 0.25) is 0 Å². The molecule has 0 aromatic heterocycles. The second-order valence-corrected chi connectivity index (χ2v) is 6.74. The van der Waals surface area contributed by atoms with Crippen LogP contribution < -0.4 is 11.1 Å². The van der Waals surface area contributed by atoms with Gasteiger partial charge in [-0.2, -0.15) is 0 Å². The van der Waals surface area contributed by atoms with Crippen molar-refractivity contribution in [3.05, 3.63) is 29.8 Å². The zero-order valence-corrected chi connectivity index (χ0v) is 14.2. The summed E-state index contributed by atoms with van der Waals surface area (Å²) in [7, 11) is 0. The Balaban J connectivity index is 1.82. The molecule has 1 aliphatic rings. The monoisotopic (exact) mass is 302 g/mol. The maximum atomic E-state index is 6.01. The molecule has 0 saturated carbocycles. The smallest absolute Gasteiger partial charge is 0.193 e. The number of hydrogen-bond acceptors (Lipinski definition) is 2.